The van der Waals surface area contributed by atoms with Crippen LogP contribution in [-0.4, -0.2) is 86.0 Å². The fraction of sp³-hybridized carbons (Fsp3) is 0.714. The quantitative estimate of drug-likeness (QED) is 0.687. The number of methoxy groups -OCH3 is 1. The molecule has 1 unspecified atom stereocenters. The number of ether oxygens (including phenoxy) is 2. The van der Waals surface area contributed by atoms with Crippen LogP contribution in [0.25, 0.3) is 0 Å². The molecule has 0 aromatic carbocycles. The summed E-state index contributed by atoms with van der Waals surface area (Å²) in [6.45, 7) is 3.46. The number of carbonyl (C=O) groups excluding carboxylic acids is 1. The Balaban J connectivity index is 2.19. The van der Waals surface area contributed by atoms with Crippen molar-refractivity contribution in [2.45, 2.75) is 12.6 Å². The normalized spacial score (nSPS) is 20.0. The van der Waals surface area contributed by atoms with E-state index < -0.39 is 6.10 Å². The average Bonchev–Trinajstić information content (AvgIpc) is 2.87. The van der Waals surface area contributed by atoms with Gasteiger partial charge in [-0.3, -0.25) is 9.48 Å². The molecular weight excluding hydrogens is 272 g/mol. The molecule has 0 radical (unpaired) electrons. The monoisotopic (exact) mass is 296 g/mol. The molecule has 0 amide bonds. The molecule has 1 atom stereocenters. The third kappa shape index (κ3) is 3.81. The molecule has 1 aromatic rings. The number of Topliss-reactive ketones (excluding diaryl/α,β-unsaturated/α-hetero) is 1. The summed E-state index contributed by atoms with van der Waals surface area (Å²) >= 11 is 0. The highest BCUT2D eigenvalue weighted by atomic mass is 16.5. The van der Waals surface area contributed by atoms with Gasteiger partial charge in [-0.25, -0.2) is 0 Å². The predicted octanol–water partition coefficient (Wildman–Crippen LogP) is -0.0334. The van der Waals surface area contributed by atoms with Crippen LogP contribution in [-0.2, 0) is 11.3 Å². The van der Waals surface area contributed by atoms with E-state index in [-0.39, 0.29) is 5.78 Å². The largest absolute Gasteiger partial charge is 0.493 e. The zero-order valence-electron chi connectivity index (χ0n) is 13.2. The molecule has 0 saturated carbocycles. The first-order valence-electron chi connectivity index (χ1n) is 7.11. The Hall–Kier alpha value is -1.44. The van der Waals surface area contributed by atoms with E-state index >= 15 is 0 Å². The van der Waals surface area contributed by atoms with Crippen LogP contribution in [0.1, 0.15) is 10.5 Å². The summed E-state index contributed by atoms with van der Waals surface area (Å²) in [5.74, 6) is 0.449. The molecule has 0 N–H and O–H groups in total. The summed E-state index contributed by atoms with van der Waals surface area (Å²) < 4.78 is 12.6. The topological polar surface area (TPSA) is 59.8 Å². The zero-order chi connectivity index (χ0) is 15.4. The number of hydrogen-bond donors (Lipinski definition) is 0. The molecule has 1 aliphatic rings. The fourth-order valence-electron chi connectivity index (χ4n) is 2.32. The van der Waals surface area contributed by atoms with Crippen molar-refractivity contribution in [3.8, 4) is 5.75 Å². The first-order valence-corrected chi connectivity index (χ1v) is 7.11. The molecule has 0 aliphatic carbocycles. The molecule has 1 aromatic heterocycles. The third-order valence-electron chi connectivity index (χ3n) is 3.58. The van der Waals surface area contributed by atoms with Gasteiger partial charge >= 0.3 is 0 Å². The second-order valence-corrected chi connectivity index (χ2v) is 5.57. The predicted molar refractivity (Wildman–Crippen MR) is 78.9 cm³/mol. The maximum absolute atomic E-state index is 12.7. The first kappa shape index (κ1) is 15.9. The van der Waals surface area contributed by atoms with E-state index in [9.17, 15) is 4.79 Å². The number of morpholine rings is 1. The molecule has 7 heteroatoms. The molecule has 0 bridgehead atoms. The Morgan fingerprint density at radius 3 is 2.95 bits per heavy atom. The number of carbonyl (C=O) groups is 1. The maximum atomic E-state index is 12.7. The van der Waals surface area contributed by atoms with Crippen molar-refractivity contribution in [2.75, 3.05) is 54.5 Å². The number of rotatable bonds is 6. The van der Waals surface area contributed by atoms with Gasteiger partial charge in [0.2, 0.25) is 5.78 Å². The van der Waals surface area contributed by atoms with Crippen LogP contribution in [0.2, 0.25) is 0 Å². The van der Waals surface area contributed by atoms with Gasteiger partial charge in [0.15, 0.2) is 5.75 Å². The van der Waals surface area contributed by atoms with E-state index in [0.29, 0.717) is 31.1 Å². The molecule has 1 saturated heterocycles. The highest BCUT2D eigenvalue weighted by Gasteiger charge is 2.30. The van der Waals surface area contributed by atoms with Crippen LogP contribution in [0.4, 0.5) is 0 Å². The number of likely N-dealkylation sites (N-methyl/N-ethyl adjacent to an activating group) is 2. The summed E-state index contributed by atoms with van der Waals surface area (Å²) in [5.41, 5.74) is 0.500. The minimum absolute atomic E-state index is 0.0605. The van der Waals surface area contributed by atoms with E-state index in [0.717, 1.165) is 13.1 Å². The maximum Gasteiger partial charge on any atom is 0.214 e. The highest BCUT2D eigenvalue weighted by molar-refractivity contribution is 6.00. The molecule has 0 spiro atoms. The second-order valence-electron chi connectivity index (χ2n) is 5.57. The van der Waals surface area contributed by atoms with Crippen LogP contribution in [0, 0.1) is 0 Å². The summed E-state index contributed by atoms with van der Waals surface area (Å²) in [6.07, 6.45) is 1.14. The lowest BCUT2D eigenvalue weighted by molar-refractivity contribution is -0.00933. The van der Waals surface area contributed by atoms with E-state index in [1.807, 2.05) is 26.0 Å². The van der Waals surface area contributed by atoms with E-state index in [1.54, 1.807) is 18.0 Å². The molecule has 2 heterocycles. The van der Waals surface area contributed by atoms with Crippen LogP contribution >= 0.6 is 0 Å². The molecule has 1 fully saturated rings. The SMILES string of the molecule is COc1cnn(CCN(C)C)c1C(=O)C1CN(C)CCO1. The molecule has 7 nitrogen and oxygen atoms in total. The van der Waals surface area contributed by atoms with Crippen LogP contribution in [0.5, 0.6) is 5.75 Å². The molecular formula is C14H24N4O3. The summed E-state index contributed by atoms with van der Waals surface area (Å²) in [7, 11) is 7.52. The zero-order valence-corrected chi connectivity index (χ0v) is 13.2. The number of hydrogen-bond acceptors (Lipinski definition) is 6. The molecule has 2 rings (SSSR count). The third-order valence-corrected chi connectivity index (χ3v) is 3.58. The van der Waals surface area contributed by atoms with Crippen LogP contribution < -0.4 is 4.74 Å². The van der Waals surface area contributed by atoms with Gasteiger partial charge in [0.1, 0.15) is 11.8 Å². The smallest absolute Gasteiger partial charge is 0.214 e. The molecule has 21 heavy (non-hydrogen) atoms. The number of aromatic nitrogens is 2. The minimum atomic E-state index is -0.451. The van der Waals surface area contributed by atoms with Crippen molar-refractivity contribution < 1.29 is 14.3 Å². The Kier molecular flexibility index (Phi) is 5.33. The van der Waals surface area contributed by atoms with Gasteiger partial charge in [0, 0.05) is 19.6 Å². The molecule has 118 valence electrons. The van der Waals surface area contributed by atoms with Gasteiger partial charge in [-0.15, -0.1) is 0 Å². The minimum Gasteiger partial charge on any atom is -0.493 e. The van der Waals surface area contributed by atoms with Crippen molar-refractivity contribution in [3.63, 3.8) is 0 Å². The van der Waals surface area contributed by atoms with Gasteiger partial charge in [0.25, 0.3) is 0 Å². The molecule has 1 aliphatic heterocycles. The lowest BCUT2D eigenvalue weighted by Crippen LogP contribution is -2.44. The van der Waals surface area contributed by atoms with Crippen molar-refractivity contribution in [2.24, 2.45) is 0 Å². The highest BCUT2D eigenvalue weighted by Crippen LogP contribution is 2.21. The van der Waals surface area contributed by atoms with Crippen LogP contribution in [0.3, 0.4) is 0 Å². The average molecular weight is 296 g/mol. The lowest BCUT2D eigenvalue weighted by atomic mass is 10.1. The van der Waals surface area contributed by atoms with Gasteiger partial charge in [0.05, 0.1) is 26.5 Å². The second kappa shape index (κ2) is 7.02. The number of nitrogens with zero attached hydrogens (tertiary/aromatic N) is 4. The van der Waals surface area contributed by atoms with Crippen molar-refractivity contribution >= 4 is 5.78 Å². The van der Waals surface area contributed by atoms with E-state index in [4.69, 9.17) is 9.47 Å². The Morgan fingerprint density at radius 2 is 2.33 bits per heavy atom. The van der Waals surface area contributed by atoms with Crippen molar-refractivity contribution in [3.05, 3.63) is 11.9 Å². The van der Waals surface area contributed by atoms with E-state index in [1.165, 1.54) is 0 Å². The van der Waals surface area contributed by atoms with Crippen molar-refractivity contribution in [1.29, 1.82) is 0 Å². The fourth-order valence-corrected chi connectivity index (χ4v) is 2.32. The summed E-state index contributed by atoms with van der Waals surface area (Å²) in [4.78, 5) is 16.9. The number of ketones is 1. The first-order chi connectivity index (χ1) is 10.0. The summed E-state index contributed by atoms with van der Waals surface area (Å²) in [6, 6.07) is 0. The summed E-state index contributed by atoms with van der Waals surface area (Å²) in [5, 5.41) is 4.27. The standard InChI is InChI=1S/C14H24N4O3/c1-16(2)5-6-18-13(11(20-4)9-15-18)14(19)12-10-17(3)7-8-21-12/h9,12H,5-8,10H2,1-4H3. The Bertz CT molecular complexity index is 487. The van der Waals surface area contributed by atoms with Gasteiger partial charge in [-0.1, -0.05) is 0 Å². The van der Waals surface area contributed by atoms with E-state index in [2.05, 4.69) is 10.00 Å². The van der Waals surface area contributed by atoms with Gasteiger partial charge in [-0.05, 0) is 21.1 Å². The van der Waals surface area contributed by atoms with Crippen molar-refractivity contribution in [1.82, 2.24) is 19.6 Å². The van der Waals surface area contributed by atoms with Gasteiger partial charge in [-0.2, -0.15) is 5.10 Å². The lowest BCUT2D eigenvalue weighted by Gasteiger charge is -2.29. The van der Waals surface area contributed by atoms with Crippen LogP contribution in [0.15, 0.2) is 6.20 Å². The van der Waals surface area contributed by atoms with Gasteiger partial charge < -0.3 is 19.3 Å². The Labute approximate surface area is 125 Å². The Morgan fingerprint density at radius 1 is 1.57 bits per heavy atom.